The molecule has 1 aromatic rings. The van der Waals surface area contributed by atoms with Crippen LogP contribution in [0.2, 0.25) is 0 Å². The molecule has 1 aliphatic heterocycles. The first-order valence-electron chi connectivity index (χ1n) is 6.76. The second-order valence-electron chi connectivity index (χ2n) is 5.62. The molecule has 1 N–H and O–H groups in total. The molecule has 0 saturated carbocycles. The number of benzene rings is 1. The zero-order valence-corrected chi connectivity index (χ0v) is 13.7. The number of thioether (sulfide) groups is 2. The van der Waals surface area contributed by atoms with Gasteiger partial charge < -0.3 is 14.6 Å². The predicted molar refractivity (Wildman–Crippen MR) is 85.1 cm³/mol. The van der Waals surface area contributed by atoms with Crippen LogP contribution in [0.4, 0.5) is 0 Å². The van der Waals surface area contributed by atoms with Crippen molar-refractivity contribution in [1.82, 2.24) is 0 Å². The summed E-state index contributed by atoms with van der Waals surface area (Å²) in [6.07, 6.45) is 1.37. The van der Waals surface area contributed by atoms with Crippen LogP contribution in [-0.4, -0.2) is 36.4 Å². The fourth-order valence-electron chi connectivity index (χ4n) is 3.30. The van der Waals surface area contributed by atoms with Crippen LogP contribution in [0, 0.1) is 0 Å². The van der Waals surface area contributed by atoms with Gasteiger partial charge in [0.2, 0.25) is 0 Å². The number of aliphatic hydroxyl groups is 1. The third-order valence-electron chi connectivity index (χ3n) is 3.98. The molecule has 5 heteroatoms. The van der Waals surface area contributed by atoms with Crippen molar-refractivity contribution in [1.29, 1.82) is 0 Å². The van der Waals surface area contributed by atoms with Crippen molar-refractivity contribution in [2.75, 3.05) is 25.7 Å². The molecular formula is C15H20O3S2. The summed E-state index contributed by atoms with van der Waals surface area (Å²) >= 11 is 3.85. The minimum Gasteiger partial charge on any atom is -0.496 e. The molecule has 1 spiro atoms. The highest BCUT2D eigenvalue weighted by Gasteiger charge is 2.50. The molecule has 1 aromatic carbocycles. The third-order valence-corrected chi connectivity index (χ3v) is 7.39. The second-order valence-corrected chi connectivity index (χ2v) is 8.67. The molecule has 1 heterocycles. The van der Waals surface area contributed by atoms with E-state index in [-0.39, 0.29) is 4.08 Å². The van der Waals surface area contributed by atoms with Gasteiger partial charge in [0.05, 0.1) is 23.9 Å². The smallest absolute Gasteiger partial charge is 0.124 e. The topological polar surface area (TPSA) is 38.7 Å². The minimum atomic E-state index is -0.697. The summed E-state index contributed by atoms with van der Waals surface area (Å²) in [5.74, 6) is 3.99. The number of hydrogen-bond donors (Lipinski definition) is 1. The molecule has 0 aromatic heterocycles. The molecule has 1 atom stereocenters. The molecule has 1 saturated heterocycles. The van der Waals surface area contributed by atoms with E-state index in [0.717, 1.165) is 35.0 Å². The first kappa shape index (κ1) is 14.4. The van der Waals surface area contributed by atoms with E-state index < -0.39 is 5.60 Å². The summed E-state index contributed by atoms with van der Waals surface area (Å²) < 4.78 is 11.0. The number of hydrogen-bond acceptors (Lipinski definition) is 5. The normalized spacial score (nSPS) is 27.4. The zero-order chi connectivity index (χ0) is 14.4. The maximum atomic E-state index is 10.7. The number of methoxy groups -OCH3 is 2. The summed E-state index contributed by atoms with van der Waals surface area (Å²) in [5, 5.41) is 10.7. The van der Waals surface area contributed by atoms with Gasteiger partial charge in [0.1, 0.15) is 11.5 Å². The lowest BCUT2D eigenvalue weighted by Crippen LogP contribution is -2.40. The van der Waals surface area contributed by atoms with Crippen LogP contribution < -0.4 is 9.47 Å². The standard InChI is InChI=1S/C15H20O3S2/c1-14(16)8-10-11(17-2)4-5-12(18-3)13(10)15(9-14)19-6-7-20-15/h4-5,16H,6-9H2,1-3H3/t14-/m0/s1. The van der Waals surface area contributed by atoms with Gasteiger partial charge in [0, 0.05) is 35.5 Å². The van der Waals surface area contributed by atoms with Gasteiger partial charge in [0.25, 0.3) is 0 Å². The van der Waals surface area contributed by atoms with Gasteiger partial charge in [-0.25, -0.2) is 0 Å². The quantitative estimate of drug-likeness (QED) is 0.909. The van der Waals surface area contributed by atoms with E-state index in [1.165, 1.54) is 5.56 Å². The van der Waals surface area contributed by atoms with Crippen molar-refractivity contribution >= 4 is 23.5 Å². The largest absolute Gasteiger partial charge is 0.496 e. The van der Waals surface area contributed by atoms with E-state index in [0.29, 0.717) is 6.42 Å². The maximum Gasteiger partial charge on any atom is 0.124 e. The molecule has 1 aliphatic carbocycles. The summed E-state index contributed by atoms with van der Waals surface area (Å²) in [6.45, 7) is 1.93. The predicted octanol–water partition coefficient (Wildman–Crippen LogP) is 3.03. The van der Waals surface area contributed by atoms with Gasteiger partial charge in [-0.05, 0) is 19.1 Å². The molecular weight excluding hydrogens is 292 g/mol. The molecule has 1 fully saturated rings. The van der Waals surface area contributed by atoms with Crippen LogP contribution in [0.1, 0.15) is 24.5 Å². The van der Waals surface area contributed by atoms with E-state index in [9.17, 15) is 5.11 Å². The van der Waals surface area contributed by atoms with Crippen LogP contribution in [0.15, 0.2) is 12.1 Å². The molecule has 20 heavy (non-hydrogen) atoms. The minimum absolute atomic E-state index is 0.100. The second kappa shape index (κ2) is 5.04. The van der Waals surface area contributed by atoms with Crippen molar-refractivity contribution < 1.29 is 14.6 Å². The summed E-state index contributed by atoms with van der Waals surface area (Å²) in [7, 11) is 3.40. The lowest BCUT2D eigenvalue weighted by atomic mass is 9.80. The Hall–Kier alpha value is -0.520. The number of ether oxygens (including phenoxy) is 2. The Bertz CT molecular complexity index is 522. The van der Waals surface area contributed by atoms with Crippen LogP contribution >= 0.6 is 23.5 Å². The van der Waals surface area contributed by atoms with E-state index in [1.54, 1.807) is 14.2 Å². The van der Waals surface area contributed by atoms with Gasteiger partial charge in [-0.3, -0.25) is 0 Å². The van der Waals surface area contributed by atoms with Crippen molar-refractivity contribution in [2.45, 2.75) is 29.4 Å². The SMILES string of the molecule is COc1ccc(OC)c2c1C[C@](C)(O)CC21SCCS1. The molecule has 0 unspecified atom stereocenters. The monoisotopic (exact) mass is 312 g/mol. The van der Waals surface area contributed by atoms with E-state index >= 15 is 0 Å². The zero-order valence-electron chi connectivity index (χ0n) is 12.1. The Morgan fingerprint density at radius 1 is 1.10 bits per heavy atom. The lowest BCUT2D eigenvalue weighted by molar-refractivity contribution is 0.0406. The van der Waals surface area contributed by atoms with Crippen molar-refractivity contribution in [3.05, 3.63) is 23.3 Å². The van der Waals surface area contributed by atoms with Gasteiger partial charge >= 0.3 is 0 Å². The third kappa shape index (κ3) is 2.20. The Morgan fingerprint density at radius 2 is 1.70 bits per heavy atom. The first-order chi connectivity index (χ1) is 9.51. The first-order valence-corrected chi connectivity index (χ1v) is 8.73. The van der Waals surface area contributed by atoms with Crippen molar-refractivity contribution in [3.8, 4) is 11.5 Å². The van der Waals surface area contributed by atoms with Crippen molar-refractivity contribution in [2.24, 2.45) is 0 Å². The summed E-state index contributed by atoms with van der Waals surface area (Å²) in [5.41, 5.74) is 1.63. The Balaban J connectivity index is 2.24. The average Bonchev–Trinajstić information content (AvgIpc) is 2.84. The molecule has 0 amide bonds. The molecule has 110 valence electrons. The van der Waals surface area contributed by atoms with Gasteiger partial charge in [-0.2, -0.15) is 0 Å². The highest BCUT2D eigenvalue weighted by atomic mass is 32.2. The van der Waals surface area contributed by atoms with Crippen molar-refractivity contribution in [3.63, 3.8) is 0 Å². The van der Waals surface area contributed by atoms with E-state index in [1.807, 2.05) is 42.6 Å². The Kier molecular flexibility index (Phi) is 3.63. The van der Waals surface area contributed by atoms with Crippen LogP contribution in [0.5, 0.6) is 11.5 Å². The van der Waals surface area contributed by atoms with E-state index in [2.05, 4.69) is 0 Å². The Labute approximate surface area is 128 Å². The average molecular weight is 312 g/mol. The highest BCUT2D eigenvalue weighted by molar-refractivity contribution is 8.20. The Morgan fingerprint density at radius 3 is 2.30 bits per heavy atom. The molecule has 3 nitrogen and oxygen atoms in total. The highest BCUT2D eigenvalue weighted by Crippen LogP contribution is 2.62. The summed E-state index contributed by atoms with van der Waals surface area (Å²) in [4.78, 5) is 0. The maximum absolute atomic E-state index is 10.7. The van der Waals surface area contributed by atoms with Gasteiger partial charge in [0.15, 0.2) is 0 Å². The summed E-state index contributed by atoms with van der Waals surface area (Å²) in [6, 6.07) is 3.93. The van der Waals surface area contributed by atoms with Gasteiger partial charge in [-0.1, -0.05) is 0 Å². The molecule has 0 bridgehead atoms. The fourth-order valence-corrected chi connectivity index (χ4v) is 7.02. The van der Waals surface area contributed by atoms with Crippen LogP contribution in [-0.2, 0) is 10.5 Å². The number of fused-ring (bicyclic) bond motifs is 2. The van der Waals surface area contributed by atoms with Gasteiger partial charge in [-0.15, -0.1) is 23.5 Å². The molecule has 0 radical (unpaired) electrons. The van der Waals surface area contributed by atoms with Crippen LogP contribution in [0.25, 0.3) is 0 Å². The molecule has 3 rings (SSSR count). The lowest BCUT2D eigenvalue weighted by Gasteiger charge is -2.43. The van der Waals surface area contributed by atoms with E-state index in [4.69, 9.17) is 9.47 Å². The number of rotatable bonds is 2. The fraction of sp³-hybridized carbons (Fsp3) is 0.600. The molecule has 2 aliphatic rings. The van der Waals surface area contributed by atoms with Crippen LogP contribution in [0.3, 0.4) is 0 Å².